The van der Waals surface area contributed by atoms with Gasteiger partial charge in [0, 0.05) is 23.0 Å². The lowest BCUT2D eigenvalue weighted by atomic mass is 10.1. The van der Waals surface area contributed by atoms with Crippen LogP contribution in [0, 0.1) is 13.7 Å². The van der Waals surface area contributed by atoms with Gasteiger partial charge in [-0.2, -0.15) is 11.8 Å². The topological polar surface area (TPSA) is 55.2 Å². The first-order valence-electron chi connectivity index (χ1n) is 5.82. The Hall–Kier alpha value is -0.500. The molecule has 0 amide bonds. The van der Waals surface area contributed by atoms with E-state index in [1.54, 1.807) is 12.1 Å². The first-order chi connectivity index (χ1) is 8.50. The molecule has 0 aromatic heterocycles. The van der Waals surface area contributed by atoms with E-state index in [1.165, 1.54) is 18.6 Å². The molecule has 0 bridgehead atoms. The molecule has 0 spiro atoms. The van der Waals surface area contributed by atoms with Gasteiger partial charge in [0.05, 0.1) is 8.49 Å². The third-order valence-corrected chi connectivity index (χ3v) is 5.51. The monoisotopic (exact) mass is 378 g/mol. The second kappa shape index (κ2) is 5.64. The molecule has 4 nitrogen and oxygen atoms in total. The second-order valence-corrected chi connectivity index (χ2v) is 7.52. The van der Waals surface area contributed by atoms with Crippen LogP contribution in [-0.2, 0) is 0 Å². The van der Waals surface area contributed by atoms with Crippen LogP contribution >= 0.6 is 34.4 Å². The minimum absolute atomic E-state index is 0.169. The van der Waals surface area contributed by atoms with Crippen molar-refractivity contribution >= 4 is 45.7 Å². The summed E-state index contributed by atoms with van der Waals surface area (Å²) in [4.78, 5) is 10.4. The van der Waals surface area contributed by atoms with Crippen LogP contribution in [0.25, 0.3) is 0 Å². The maximum Gasteiger partial charge on any atom is 0.282 e. The number of nitro groups is 1. The third kappa shape index (κ3) is 3.28. The van der Waals surface area contributed by atoms with Crippen molar-refractivity contribution in [1.29, 1.82) is 0 Å². The summed E-state index contributed by atoms with van der Waals surface area (Å²) in [6.45, 7) is 3.18. The van der Waals surface area contributed by atoms with Crippen LogP contribution in [0.5, 0.6) is 0 Å². The number of nitro benzene ring substituents is 1. The molecule has 1 atom stereocenters. The third-order valence-electron chi connectivity index (χ3n) is 3.11. The summed E-state index contributed by atoms with van der Waals surface area (Å²) in [7, 11) is 0. The van der Waals surface area contributed by atoms with Gasteiger partial charge >= 0.3 is 0 Å². The number of thioether (sulfide) groups is 1. The second-order valence-electron chi connectivity index (χ2n) is 4.68. The van der Waals surface area contributed by atoms with Crippen molar-refractivity contribution < 1.29 is 4.92 Å². The van der Waals surface area contributed by atoms with Gasteiger partial charge in [-0.15, -0.1) is 0 Å². The number of halogens is 1. The summed E-state index contributed by atoms with van der Waals surface area (Å²) in [5, 5.41) is 14.1. The molecule has 1 aromatic rings. The standard InChI is InChI=1S/C12H15IN2O2S/c1-12(5-2-6-18-12)8-14-9-3-4-11(15(16)17)10(13)7-9/h3-4,7,14H,2,5-6,8H2,1H3. The van der Waals surface area contributed by atoms with Gasteiger partial charge in [0.2, 0.25) is 0 Å². The molecular weight excluding hydrogens is 363 g/mol. The highest BCUT2D eigenvalue weighted by Crippen LogP contribution is 2.37. The van der Waals surface area contributed by atoms with Crippen molar-refractivity contribution in [2.45, 2.75) is 24.5 Å². The van der Waals surface area contributed by atoms with Gasteiger partial charge in [0.25, 0.3) is 5.69 Å². The summed E-state index contributed by atoms with van der Waals surface area (Å²) in [6.07, 6.45) is 2.51. The fraction of sp³-hybridized carbons (Fsp3) is 0.500. The summed E-state index contributed by atoms with van der Waals surface area (Å²) in [6, 6.07) is 5.18. The lowest BCUT2D eigenvalue weighted by molar-refractivity contribution is -0.385. The van der Waals surface area contributed by atoms with Crippen molar-refractivity contribution in [3.63, 3.8) is 0 Å². The van der Waals surface area contributed by atoms with Crippen LogP contribution in [0.15, 0.2) is 18.2 Å². The average molecular weight is 378 g/mol. The van der Waals surface area contributed by atoms with E-state index in [9.17, 15) is 10.1 Å². The van der Waals surface area contributed by atoms with Crippen molar-refractivity contribution in [3.8, 4) is 0 Å². The Morgan fingerprint density at radius 3 is 2.94 bits per heavy atom. The zero-order valence-corrected chi connectivity index (χ0v) is 13.1. The molecular formula is C12H15IN2O2S. The quantitative estimate of drug-likeness (QED) is 0.491. The van der Waals surface area contributed by atoms with E-state index in [1.807, 2.05) is 40.4 Å². The van der Waals surface area contributed by atoms with Crippen molar-refractivity contribution in [2.24, 2.45) is 0 Å². The molecule has 0 radical (unpaired) electrons. The molecule has 1 heterocycles. The van der Waals surface area contributed by atoms with Gasteiger partial charge in [-0.25, -0.2) is 0 Å². The van der Waals surface area contributed by atoms with E-state index < -0.39 is 0 Å². The van der Waals surface area contributed by atoms with Gasteiger partial charge in [-0.05, 0) is 60.2 Å². The Morgan fingerprint density at radius 2 is 2.39 bits per heavy atom. The number of benzene rings is 1. The first kappa shape index (κ1) is 13.9. The van der Waals surface area contributed by atoms with E-state index in [4.69, 9.17) is 0 Å². The van der Waals surface area contributed by atoms with E-state index in [0.29, 0.717) is 8.32 Å². The number of rotatable bonds is 4. The minimum Gasteiger partial charge on any atom is -0.384 e. The Kier molecular flexibility index (Phi) is 4.37. The number of nitrogens with one attached hydrogen (secondary N) is 1. The summed E-state index contributed by atoms with van der Waals surface area (Å²) in [5.41, 5.74) is 1.13. The SMILES string of the molecule is CC1(CNc2ccc([N+](=O)[O-])c(I)c2)CCCS1. The van der Waals surface area contributed by atoms with Crippen molar-refractivity contribution in [2.75, 3.05) is 17.6 Å². The van der Waals surface area contributed by atoms with Crippen LogP contribution < -0.4 is 5.32 Å². The van der Waals surface area contributed by atoms with Crippen molar-refractivity contribution in [1.82, 2.24) is 0 Å². The highest BCUT2D eigenvalue weighted by molar-refractivity contribution is 14.1. The molecule has 1 fully saturated rings. The fourth-order valence-electron chi connectivity index (χ4n) is 2.03. The Morgan fingerprint density at radius 1 is 1.61 bits per heavy atom. The predicted octanol–water partition coefficient (Wildman–Crippen LogP) is 3.90. The largest absolute Gasteiger partial charge is 0.384 e. The first-order valence-corrected chi connectivity index (χ1v) is 7.88. The molecule has 2 rings (SSSR count). The summed E-state index contributed by atoms with van der Waals surface area (Å²) in [5.74, 6) is 1.23. The molecule has 0 aliphatic carbocycles. The maximum atomic E-state index is 10.7. The van der Waals surface area contributed by atoms with E-state index in [0.717, 1.165) is 12.2 Å². The highest BCUT2D eigenvalue weighted by atomic mass is 127. The van der Waals surface area contributed by atoms with Crippen LogP contribution in [0.4, 0.5) is 11.4 Å². The lowest BCUT2D eigenvalue weighted by Crippen LogP contribution is -2.27. The minimum atomic E-state index is -0.348. The zero-order chi connectivity index (χ0) is 13.2. The maximum absolute atomic E-state index is 10.7. The molecule has 1 aliphatic heterocycles. The average Bonchev–Trinajstić information content (AvgIpc) is 2.74. The molecule has 6 heteroatoms. The van der Waals surface area contributed by atoms with Gasteiger partial charge in [-0.1, -0.05) is 0 Å². The van der Waals surface area contributed by atoms with E-state index >= 15 is 0 Å². The summed E-state index contributed by atoms with van der Waals surface area (Å²) >= 11 is 4.01. The molecule has 1 saturated heterocycles. The van der Waals surface area contributed by atoms with Crippen molar-refractivity contribution in [3.05, 3.63) is 31.9 Å². The molecule has 18 heavy (non-hydrogen) atoms. The lowest BCUT2D eigenvalue weighted by Gasteiger charge is -2.23. The Labute approximate surface area is 124 Å². The number of hydrogen-bond donors (Lipinski definition) is 1. The van der Waals surface area contributed by atoms with E-state index in [-0.39, 0.29) is 10.6 Å². The highest BCUT2D eigenvalue weighted by Gasteiger charge is 2.29. The molecule has 98 valence electrons. The molecule has 1 N–H and O–H groups in total. The zero-order valence-electron chi connectivity index (χ0n) is 10.1. The predicted molar refractivity (Wildman–Crippen MR) is 84.4 cm³/mol. The molecule has 0 saturated carbocycles. The van der Waals surface area contributed by atoms with Gasteiger partial charge in [0.1, 0.15) is 0 Å². The van der Waals surface area contributed by atoms with Gasteiger partial charge in [-0.3, -0.25) is 10.1 Å². The fourth-order valence-corrected chi connectivity index (χ4v) is 3.99. The van der Waals surface area contributed by atoms with Crippen LogP contribution in [0.1, 0.15) is 19.8 Å². The number of nitrogens with zero attached hydrogens (tertiary/aromatic N) is 1. The Balaban J connectivity index is 2.02. The number of hydrogen-bond acceptors (Lipinski definition) is 4. The van der Waals surface area contributed by atoms with Crippen LogP contribution in [-0.4, -0.2) is 22.0 Å². The van der Waals surface area contributed by atoms with Gasteiger partial charge < -0.3 is 5.32 Å². The summed E-state index contributed by atoms with van der Waals surface area (Å²) < 4.78 is 0.972. The van der Waals surface area contributed by atoms with Crippen LogP contribution in [0.3, 0.4) is 0 Å². The molecule has 1 aromatic carbocycles. The van der Waals surface area contributed by atoms with Crippen LogP contribution in [0.2, 0.25) is 0 Å². The molecule has 1 aliphatic rings. The Bertz CT molecular complexity index is 461. The molecule has 1 unspecified atom stereocenters. The van der Waals surface area contributed by atoms with Gasteiger partial charge in [0.15, 0.2) is 0 Å². The number of anilines is 1. The smallest absolute Gasteiger partial charge is 0.282 e. The normalized spacial score (nSPS) is 23.0. The van der Waals surface area contributed by atoms with E-state index in [2.05, 4.69) is 12.2 Å².